The van der Waals surface area contributed by atoms with Crippen molar-refractivity contribution in [1.29, 1.82) is 0 Å². The van der Waals surface area contributed by atoms with Crippen LogP contribution in [0.25, 0.3) is 0 Å². The number of likely N-dealkylation sites (tertiary alicyclic amines) is 1. The molecule has 1 atom stereocenters. The van der Waals surface area contributed by atoms with E-state index >= 15 is 0 Å². The number of hydrogen-bond acceptors (Lipinski definition) is 3. The number of nitrogens with one attached hydrogen (secondary N) is 1. The van der Waals surface area contributed by atoms with Gasteiger partial charge in [-0.15, -0.1) is 11.3 Å². The lowest BCUT2D eigenvalue weighted by molar-refractivity contribution is -0.138. The summed E-state index contributed by atoms with van der Waals surface area (Å²) in [6.45, 7) is 3.98. The summed E-state index contributed by atoms with van der Waals surface area (Å²) in [4.78, 5) is 27.9. The average Bonchev–Trinajstić information content (AvgIpc) is 3.07. The van der Waals surface area contributed by atoms with Crippen LogP contribution in [0.1, 0.15) is 28.8 Å². The molecule has 4 nitrogen and oxygen atoms in total. The molecule has 2 aromatic rings. The van der Waals surface area contributed by atoms with Crippen LogP contribution in [0.2, 0.25) is 0 Å². The van der Waals surface area contributed by atoms with Crippen LogP contribution < -0.4 is 5.32 Å². The highest BCUT2D eigenvalue weighted by molar-refractivity contribution is 7.10. The third-order valence-corrected chi connectivity index (χ3v) is 6.09. The normalized spacial score (nSPS) is 17.3. The molecule has 0 spiro atoms. The molecule has 2 amide bonds. The van der Waals surface area contributed by atoms with Crippen molar-refractivity contribution in [1.82, 2.24) is 10.2 Å². The molecular weight excluding hydrogens is 344 g/mol. The predicted octanol–water partition coefficient (Wildman–Crippen LogP) is 3.20. The van der Waals surface area contributed by atoms with Crippen LogP contribution in [-0.2, 0) is 22.4 Å². The number of nitrogens with zero attached hydrogens (tertiary/aromatic N) is 1. The molecule has 138 valence electrons. The van der Waals surface area contributed by atoms with Gasteiger partial charge in [-0.1, -0.05) is 30.3 Å². The summed E-state index contributed by atoms with van der Waals surface area (Å²) in [5, 5.41) is 5.14. The van der Waals surface area contributed by atoms with E-state index in [2.05, 4.69) is 35.8 Å². The lowest BCUT2D eigenvalue weighted by atomic mass is 9.96. The first-order chi connectivity index (χ1) is 12.6. The zero-order chi connectivity index (χ0) is 18.4. The Kier molecular flexibility index (Phi) is 6.45. The number of piperidine rings is 1. The van der Waals surface area contributed by atoms with Gasteiger partial charge in [-0.3, -0.25) is 9.59 Å². The van der Waals surface area contributed by atoms with Crippen molar-refractivity contribution in [3.05, 3.63) is 57.8 Å². The van der Waals surface area contributed by atoms with E-state index in [0.717, 1.165) is 12.8 Å². The molecule has 0 saturated carbocycles. The van der Waals surface area contributed by atoms with Gasteiger partial charge in [0.25, 0.3) is 0 Å². The second-order valence-corrected chi connectivity index (χ2v) is 7.88. The van der Waals surface area contributed by atoms with Gasteiger partial charge >= 0.3 is 0 Å². The highest BCUT2D eigenvalue weighted by Crippen LogP contribution is 2.19. The zero-order valence-corrected chi connectivity index (χ0v) is 16.1. The molecule has 1 N–H and O–H groups in total. The Balaban J connectivity index is 1.46. The summed E-state index contributed by atoms with van der Waals surface area (Å²) in [7, 11) is 0. The maximum atomic E-state index is 12.5. The van der Waals surface area contributed by atoms with Crippen LogP contribution >= 0.6 is 11.3 Å². The Morgan fingerprint density at radius 3 is 2.77 bits per heavy atom. The lowest BCUT2D eigenvalue weighted by Crippen LogP contribution is -2.46. The van der Waals surface area contributed by atoms with Crippen LogP contribution in [0.15, 0.2) is 41.8 Å². The van der Waals surface area contributed by atoms with Crippen LogP contribution in [0, 0.1) is 12.8 Å². The van der Waals surface area contributed by atoms with Gasteiger partial charge in [0, 0.05) is 30.9 Å². The van der Waals surface area contributed by atoms with Crippen molar-refractivity contribution < 1.29 is 9.59 Å². The Hall–Kier alpha value is -2.14. The fourth-order valence-electron chi connectivity index (χ4n) is 3.36. The molecule has 1 saturated heterocycles. The van der Waals surface area contributed by atoms with E-state index in [1.807, 2.05) is 23.1 Å². The number of aryl methyl sites for hydroxylation is 1. The molecule has 0 radical (unpaired) electrons. The molecule has 1 aliphatic heterocycles. The largest absolute Gasteiger partial charge is 0.355 e. The number of hydrogen-bond donors (Lipinski definition) is 1. The summed E-state index contributed by atoms with van der Waals surface area (Å²) in [5.41, 5.74) is 2.51. The molecule has 1 aliphatic rings. The molecule has 5 heteroatoms. The van der Waals surface area contributed by atoms with Crippen molar-refractivity contribution in [3.8, 4) is 0 Å². The first-order valence-corrected chi connectivity index (χ1v) is 10.1. The Labute approximate surface area is 159 Å². The maximum absolute atomic E-state index is 12.5. The molecule has 0 bridgehead atoms. The summed E-state index contributed by atoms with van der Waals surface area (Å²) in [6, 6.07) is 12.3. The molecular formula is C21H26N2O2S. The fraction of sp³-hybridized carbons (Fsp3) is 0.429. The van der Waals surface area contributed by atoms with Gasteiger partial charge in [-0.25, -0.2) is 0 Å². The van der Waals surface area contributed by atoms with E-state index in [9.17, 15) is 9.59 Å². The molecule has 1 aromatic carbocycles. The van der Waals surface area contributed by atoms with Crippen molar-refractivity contribution >= 4 is 23.2 Å². The van der Waals surface area contributed by atoms with Crippen molar-refractivity contribution in [2.24, 2.45) is 5.92 Å². The molecule has 2 heterocycles. The first-order valence-electron chi connectivity index (χ1n) is 9.26. The number of thiophene rings is 1. The number of carbonyl (C=O) groups excluding carboxylic acids is 2. The molecule has 26 heavy (non-hydrogen) atoms. The van der Waals surface area contributed by atoms with Gasteiger partial charge in [-0.2, -0.15) is 0 Å². The van der Waals surface area contributed by atoms with Gasteiger partial charge in [0.2, 0.25) is 11.8 Å². The standard InChI is InChI=1S/C21H26N2O2S/c1-16-11-14-26-19(16)9-12-22-21(25)18-7-8-20(24)23(15-18)13-10-17-5-3-2-4-6-17/h2-6,11,14,18H,7-10,12-13,15H2,1H3,(H,22,25)/t18-/m1/s1. The zero-order valence-electron chi connectivity index (χ0n) is 15.2. The van der Waals surface area contributed by atoms with Crippen LogP contribution in [-0.4, -0.2) is 36.3 Å². The van der Waals surface area contributed by atoms with E-state index in [-0.39, 0.29) is 17.7 Å². The fourth-order valence-corrected chi connectivity index (χ4v) is 4.27. The Morgan fingerprint density at radius 2 is 2.04 bits per heavy atom. The third-order valence-electron chi connectivity index (χ3n) is 5.00. The van der Waals surface area contributed by atoms with E-state index < -0.39 is 0 Å². The van der Waals surface area contributed by atoms with Gasteiger partial charge in [0.15, 0.2) is 0 Å². The van der Waals surface area contributed by atoms with Gasteiger partial charge < -0.3 is 10.2 Å². The van der Waals surface area contributed by atoms with Crippen LogP contribution in [0.5, 0.6) is 0 Å². The van der Waals surface area contributed by atoms with E-state index in [4.69, 9.17) is 0 Å². The predicted molar refractivity (Wildman–Crippen MR) is 105 cm³/mol. The summed E-state index contributed by atoms with van der Waals surface area (Å²) >= 11 is 1.74. The maximum Gasteiger partial charge on any atom is 0.224 e. The summed E-state index contributed by atoms with van der Waals surface area (Å²) in [5.74, 6) is 0.156. The second-order valence-electron chi connectivity index (χ2n) is 6.88. The lowest BCUT2D eigenvalue weighted by Gasteiger charge is -2.32. The van der Waals surface area contributed by atoms with E-state index in [1.54, 1.807) is 11.3 Å². The monoisotopic (exact) mass is 370 g/mol. The minimum atomic E-state index is -0.0899. The molecule has 3 rings (SSSR count). The molecule has 0 aliphatic carbocycles. The van der Waals surface area contributed by atoms with Crippen molar-refractivity contribution in [3.63, 3.8) is 0 Å². The van der Waals surface area contributed by atoms with Crippen molar-refractivity contribution in [2.75, 3.05) is 19.6 Å². The minimum Gasteiger partial charge on any atom is -0.355 e. The minimum absolute atomic E-state index is 0.0800. The number of amides is 2. The summed E-state index contributed by atoms with van der Waals surface area (Å²) < 4.78 is 0. The van der Waals surface area contributed by atoms with E-state index in [1.165, 1.54) is 16.0 Å². The first kappa shape index (κ1) is 18.6. The second kappa shape index (κ2) is 8.99. The van der Waals surface area contributed by atoms with Crippen LogP contribution in [0.4, 0.5) is 0 Å². The van der Waals surface area contributed by atoms with Crippen LogP contribution in [0.3, 0.4) is 0 Å². The number of benzene rings is 1. The van der Waals surface area contributed by atoms with Gasteiger partial charge in [-0.05, 0) is 48.8 Å². The summed E-state index contributed by atoms with van der Waals surface area (Å²) in [6.07, 6.45) is 2.83. The average molecular weight is 371 g/mol. The van der Waals surface area contributed by atoms with E-state index in [0.29, 0.717) is 32.5 Å². The third kappa shape index (κ3) is 4.94. The number of rotatable bonds is 7. The van der Waals surface area contributed by atoms with Gasteiger partial charge in [0.05, 0.1) is 5.92 Å². The van der Waals surface area contributed by atoms with Crippen molar-refractivity contribution in [2.45, 2.75) is 32.6 Å². The molecule has 0 unspecified atom stereocenters. The van der Waals surface area contributed by atoms with Gasteiger partial charge in [0.1, 0.15) is 0 Å². The smallest absolute Gasteiger partial charge is 0.224 e. The Morgan fingerprint density at radius 1 is 1.23 bits per heavy atom. The molecule has 1 fully saturated rings. The Bertz CT molecular complexity index is 741. The number of carbonyl (C=O) groups is 2. The SMILES string of the molecule is Cc1ccsc1CCNC(=O)[C@@H]1CCC(=O)N(CCc2ccccc2)C1. The molecule has 1 aromatic heterocycles. The highest BCUT2D eigenvalue weighted by atomic mass is 32.1. The topological polar surface area (TPSA) is 49.4 Å². The quantitative estimate of drug-likeness (QED) is 0.814. The highest BCUT2D eigenvalue weighted by Gasteiger charge is 2.29.